The van der Waals surface area contributed by atoms with Gasteiger partial charge < -0.3 is 10.6 Å². The van der Waals surface area contributed by atoms with Crippen LogP contribution in [0.3, 0.4) is 0 Å². The molecule has 0 bridgehead atoms. The normalized spacial score (nSPS) is 21.9. The largest absolute Gasteiger partial charge is 0.330 e. The number of carbonyl (C=O) groups excluding carboxylic acids is 1. The molecule has 4 heteroatoms. The molecule has 1 aliphatic carbocycles. The average Bonchev–Trinajstić information content (AvgIpc) is 2.94. The average molecular weight is 257 g/mol. The van der Waals surface area contributed by atoms with Crippen LogP contribution >= 0.6 is 0 Å². The van der Waals surface area contributed by atoms with Gasteiger partial charge in [0.2, 0.25) is 5.91 Å². The van der Waals surface area contributed by atoms with Crippen LogP contribution in [0.1, 0.15) is 24.8 Å². The Morgan fingerprint density at radius 2 is 2.21 bits per heavy atom. The lowest BCUT2D eigenvalue weighted by atomic mass is 9.94. The van der Waals surface area contributed by atoms with Crippen LogP contribution in [0.2, 0.25) is 0 Å². The van der Waals surface area contributed by atoms with Crippen molar-refractivity contribution in [3.05, 3.63) is 29.8 Å². The number of amides is 1. The SMILES string of the molecule is CN(C(=O)C1CCCC1CN)c1ccccc1C#N. The summed E-state index contributed by atoms with van der Waals surface area (Å²) in [6.45, 7) is 0.560. The highest BCUT2D eigenvalue weighted by Gasteiger charge is 2.34. The van der Waals surface area contributed by atoms with Crippen LogP contribution in [0.15, 0.2) is 24.3 Å². The highest BCUT2D eigenvalue weighted by molar-refractivity contribution is 5.96. The second-order valence-electron chi connectivity index (χ2n) is 5.06. The summed E-state index contributed by atoms with van der Waals surface area (Å²) in [4.78, 5) is 14.2. The van der Waals surface area contributed by atoms with Crippen molar-refractivity contribution in [1.82, 2.24) is 0 Å². The summed E-state index contributed by atoms with van der Waals surface area (Å²) >= 11 is 0. The second kappa shape index (κ2) is 5.85. The summed E-state index contributed by atoms with van der Waals surface area (Å²) in [5, 5.41) is 9.10. The monoisotopic (exact) mass is 257 g/mol. The second-order valence-corrected chi connectivity index (χ2v) is 5.06. The first-order valence-corrected chi connectivity index (χ1v) is 6.65. The predicted octanol–water partition coefficient (Wildman–Crippen LogP) is 1.90. The number of carbonyl (C=O) groups is 1. The van der Waals surface area contributed by atoms with Gasteiger partial charge >= 0.3 is 0 Å². The lowest BCUT2D eigenvalue weighted by Gasteiger charge is -2.25. The van der Waals surface area contributed by atoms with E-state index in [1.807, 2.05) is 12.1 Å². The fourth-order valence-corrected chi connectivity index (χ4v) is 2.87. The molecule has 100 valence electrons. The molecule has 0 radical (unpaired) electrons. The van der Waals surface area contributed by atoms with E-state index in [1.54, 1.807) is 24.1 Å². The zero-order chi connectivity index (χ0) is 13.8. The first kappa shape index (κ1) is 13.6. The third-order valence-corrected chi connectivity index (χ3v) is 4.00. The van der Waals surface area contributed by atoms with Gasteiger partial charge in [0, 0.05) is 13.0 Å². The summed E-state index contributed by atoms with van der Waals surface area (Å²) in [5.41, 5.74) is 6.94. The van der Waals surface area contributed by atoms with E-state index < -0.39 is 0 Å². The molecule has 0 heterocycles. The van der Waals surface area contributed by atoms with Crippen LogP contribution in [0.4, 0.5) is 5.69 Å². The zero-order valence-electron chi connectivity index (χ0n) is 11.2. The van der Waals surface area contributed by atoms with Crippen LogP contribution in [0.5, 0.6) is 0 Å². The number of hydrogen-bond acceptors (Lipinski definition) is 3. The first-order valence-electron chi connectivity index (χ1n) is 6.65. The summed E-state index contributed by atoms with van der Waals surface area (Å²) < 4.78 is 0. The highest BCUT2D eigenvalue weighted by Crippen LogP contribution is 2.33. The molecule has 1 aliphatic rings. The number of rotatable bonds is 3. The predicted molar refractivity (Wildman–Crippen MR) is 74.5 cm³/mol. The van der Waals surface area contributed by atoms with E-state index in [2.05, 4.69) is 6.07 Å². The maximum Gasteiger partial charge on any atom is 0.230 e. The van der Waals surface area contributed by atoms with Crippen LogP contribution in [0.25, 0.3) is 0 Å². The minimum absolute atomic E-state index is 0.00162. The Morgan fingerprint density at radius 1 is 1.47 bits per heavy atom. The lowest BCUT2D eigenvalue weighted by molar-refractivity contribution is -0.123. The summed E-state index contributed by atoms with van der Waals surface area (Å²) in [6, 6.07) is 9.31. The van der Waals surface area contributed by atoms with Crippen LogP contribution in [0, 0.1) is 23.2 Å². The molecule has 2 atom stereocenters. The van der Waals surface area contributed by atoms with Gasteiger partial charge in [-0.1, -0.05) is 18.6 Å². The van der Waals surface area contributed by atoms with Crippen molar-refractivity contribution < 1.29 is 4.79 Å². The maximum atomic E-state index is 12.5. The lowest BCUT2D eigenvalue weighted by Crippen LogP contribution is -2.37. The number of benzene rings is 1. The van der Waals surface area contributed by atoms with Gasteiger partial charge in [-0.3, -0.25) is 4.79 Å². The molecule has 0 spiro atoms. The fourth-order valence-electron chi connectivity index (χ4n) is 2.87. The number of hydrogen-bond donors (Lipinski definition) is 1. The van der Waals surface area contributed by atoms with Crippen molar-refractivity contribution in [3.8, 4) is 6.07 Å². The van der Waals surface area contributed by atoms with Gasteiger partial charge in [-0.2, -0.15) is 5.26 Å². The van der Waals surface area contributed by atoms with E-state index >= 15 is 0 Å². The first-order chi connectivity index (χ1) is 9.19. The number of para-hydroxylation sites is 1. The Balaban J connectivity index is 2.22. The van der Waals surface area contributed by atoms with Gasteiger partial charge in [-0.15, -0.1) is 0 Å². The van der Waals surface area contributed by atoms with E-state index in [9.17, 15) is 4.79 Å². The smallest absolute Gasteiger partial charge is 0.230 e. The number of nitrogens with two attached hydrogens (primary N) is 1. The number of nitrogens with zero attached hydrogens (tertiary/aromatic N) is 2. The quantitative estimate of drug-likeness (QED) is 0.899. The highest BCUT2D eigenvalue weighted by atomic mass is 16.2. The molecule has 2 unspecified atom stereocenters. The Hall–Kier alpha value is -1.86. The molecule has 1 fully saturated rings. The molecule has 2 rings (SSSR count). The maximum absolute atomic E-state index is 12.5. The van der Waals surface area contributed by atoms with Crippen molar-refractivity contribution in [2.45, 2.75) is 19.3 Å². The van der Waals surface area contributed by atoms with Crippen LogP contribution in [-0.2, 0) is 4.79 Å². The van der Waals surface area contributed by atoms with E-state index in [-0.39, 0.29) is 17.7 Å². The topological polar surface area (TPSA) is 70.1 Å². The van der Waals surface area contributed by atoms with Crippen molar-refractivity contribution in [1.29, 1.82) is 5.26 Å². The number of anilines is 1. The Labute approximate surface area is 113 Å². The van der Waals surface area contributed by atoms with Gasteiger partial charge in [-0.25, -0.2) is 0 Å². The standard InChI is InChI=1S/C15H19N3O/c1-18(14-8-3-2-5-12(14)10-17)15(19)13-7-4-6-11(13)9-16/h2-3,5,8,11,13H,4,6-7,9,16H2,1H3. The van der Waals surface area contributed by atoms with Crippen molar-refractivity contribution in [3.63, 3.8) is 0 Å². The molecule has 1 amide bonds. The minimum atomic E-state index is 0.00162. The van der Waals surface area contributed by atoms with E-state index in [0.29, 0.717) is 17.8 Å². The van der Waals surface area contributed by atoms with Gasteiger partial charge in [0.05, 0.1) is 11.3 Å². The van der Waals surface area contributed by atoms with Gasteiger partial charge in [0.25, 0.3) is 0 Å². The third-order valence-electron chi connectivity index (χ3n) is 4.00. The van der Waals surface area contributed by atoms with E-state index in [1.165, 1.54) is 0 Å². The minimum Gasteiger partial charge on any atom is -0.330 e. The number of nitriles is 1. The van der Waals surface area contributed by atoms with Crippen LogP contribution < -0.4 is 10.6 Å². The molecular formula is C15H19N3O. The van der Waals surface area contributed by atoms with Crippen molar-refractivity contribution >= 4 is 11.6 Å². The molecule has 0 aromatic heterocycles. The Kier molecular flexibility index (Phi) is 4.18. The Morgan fingerprint density at radius 3 is 2.89 bits per heavy atom. The van der Waals surface area contributed by atoms with Gasteiger partial charge in [0.15, 0.2) is 0 Å². The Bertz CT molecular complexity index is 506. The molecule has 1 saturated carbocycles. The fraction of sp³-hybridized carbons (Fsp3) is 0.467. The van der Waals surface area contributed by atoms with Gasteiger partial charge in [-0.05, 0) is 37.4 Å². The molecule has 2 N–H and O–H groups in total. The molecule has 19 heavy (non-hydrogen) atoms. The summed E-state index contributed by atoms with van der Waals surface area (Å²) in [7, 11) is 1.74. The molecule has 1 aromatic carbocycles. The van der Waals surface area contributed by atoms with Gasteiger partial charge in [0.1, 0.15) is 6.07 Å². The molecule has 0 aliphatic heterocycles. The third kappa shape index (κ3) is 2.61. The van der Waals surface area contributed by atoms with Crippen molar-refractivity contribution in [2.24, 2.45) is 17.6 Å². The molecule has 1 aromatic rings. The van der Waals surface area contributed by atoms with E-state index in [4.69, 9.17) is 11.0 Å². The molecular weight excluding hydrogens is 238 g/mol. The summed E-state index contributed by atoms with van der Waals surface area (Å²) in [5.74, 6) is 0.363. The summed E-state index contributed by atoms with van der Waals surface area (Å²) in [6.07, 6.45) is 2.99. The van der Waals surface area contributed by atoms with Crippen molar-refractivity contribution in [2.75, 3.05) is 18.5 Å². The van der Waals surface area contributed by atoms with E-state index in [0.717, 1.165) is 19.3 Å². The molecule has 0 saturated heterocycles. The van der Waals surface area contributed by atoms with Crippen LogP contribution in [-0.4, -0.2) is 19.5 Å². The zero-order valence-corrected chi connectivity index (χ0v) is 11.2. The molecule has 4 nitrogen and oxygen atoms in total.